The molecule has 0 saturated heterocycles. The maximum atomic E-state index is 10.8. The molecule has 98 valence electrons. The minimum atomic E-state index is -0.488. The van der Waals surface area contributed by atoms with Crippen molar-refractivity contribution in [2.24, 2.45) is 29.2 Å². The van der Waals surface area contributed by atoms with Gasteiger partial charge < -0.3 is 16.4 Å². The van der Waals surface area contributed by atoms with E-state index < -0.39 is 11.9 Å². The average molecular weight is 239 g/mol. The van der Waals surface area contributed by atoms with E-state index in [1.54, 1.807) is 0 Å². The summed E-state index contributed by atoms with van der Waals surface area (Å²) in [7, 11) is 2.12. The van der Waals surface area contributed by atoms with Gasteiger partial charge in [0.15, 0.2) is 0 Å². The number of primary amides is 1. The monoisotopic (exact) mass is 239 g/mol. The Bertz CT molecular complexity index is 282. The Labute approximate surface area is 104 Å². The van der Waals surface area contributed by atoms with Crippen LogP contribution in [0.15, 0.2) is 0 Å². The molecule has 4 unspecified atom stereocenters. The Morgan fingerprint density at radius 2 is 2.18 bits per heavy atom. The number of nitrogens with zero attached hydrogens (tertiary/aromatic N) is 1. The Kier molecular flexibility index (Phi) is 4.05. The van der Waals surface area contributed by atoms with E-state index >= 15 is 0 Å². The van der Waals surface area contributed by atoms with Gasteiger partial charge in [0.05, 0.1) is 6.04 Å². The van der Waals surface area contributed by atoms with E-state index in [2.05, 4.69) is 11.9 Å². The quantitative estimate of drug-likeness (QED) is 0.711. The number of rotatable bonds is 6. The van der Waals surface area contributed by atoms with Crippen molar-refractivity contribution < 1.29 is 4.79 Å². The van der Waals surface area contributed by atoms with E-state index in [0.717, 1.165) is 30.8 Å². The molecule has 0 spiro atoms. The molecule has 0 aromatic rings. The van der Waals surface area contributed by atoms with Gasteiger partial charge in [0.2, 0.25) is 5.91 Å². The summed E-state index contributed by atoms with van der Waals surface area (Å²) < 4.78 is 0. The minimum Gasteiger partial charge on any atom is -0.368 e. The molecular formula is C13H25N3O. The Balaban J connectivity index is 1.67. The molecule has 0 aromatic heterocycles. The molecule has 2 aliphatic carbocycles. The molecule has 17 heavy (non-hydrogen) atoms. The zero-order chi connectivity index (χ0) is 12.4. The molecule has 1 amide bonds. The standard InChI is InChI=1S/C13H25N3O/c1-16(5-4-12(14)13(15)17)8-11-7-9-2-3-10(11)6-9/h9-12H,2-8,14H2,1H3,(H2,15,17). The summed E-state index contributed by atoms with van der Waals surface area (Å²) in [5.41, 5.74) is 10.8. The van der Waals surface area contributed by atoms with Crippen LogP contribution in [0.5, 0.6) is 0 Å². The SMILES string of the molecule is CN(CCC(N)C(N)=O)CC1CC2CCC1C2. The van der Waals surface area contributed by atoms with Crippen LogP contribution in [0.2, 0.25) is 0 Å². The van der Waals surface area contributed by atoms with Gasteiger partial charge in [-0.3, -0.25) is 4.79 Å². The molecular weight excluding hydrogens is 214 g/mol. The third kappa shape index (κ3) is 3.19. The van der Waals surface area contributed by atoms with Crippen LogP contribution in [0.1, 0.15) is 32.1 Å². The molecule has 2 bridgehead atoms. The minimum absolute atomic E-state index is 0.390. The Hall–Kier alpha value is -0.610. The van der Waals surface area contributed by atoms with Crippen molar-refractivity contribution in [1.29, 1.82) is 0 Å². The summed E-state index contributed by atoms with van der Waals surface area (Å²) in [5.74, 6) is 2.46. The Morgan fingerprint density at radius 3 is 2.71 bits per heavy atom. The fraction of sp³-hybridized carbons (Fsp3) is 0.923. The molecule has 4 atom stereocenters. The van der Waals surface area contributed by atoms with Crippen molar-refractivity contribution in [3.63, 3.8) is 0 Å². The van der Waals surface area contributed by atoms with Crippen LogP contribution >= 0.6 is 0 Å². The first-order chi connectivity index (χ1) is 8.06. The highest BCUT2D eigenvalue weighted by Gasteiger charge is 2.39. The van der Waals surface area contributed by atoms with E-state index in [4.69, 9.17) is 11.5 Å². The first-order valence-electron chi connectivity index (χ1n) is 6.79. The van der Waals surface area contributed by atoms with Gasteiger partial charge >= 0.3 is 0 Å². The number of carbonyl (C=O) groups is 1. The van der Waals surface area contributed by atoms with Crippen LogP contribution < -0.4 is 11.5 Å². The second kappa shape index (κ2) is 5.36. The van der Waals surface area contributed by atoms with Gasteiger partial charge in [-0.15, -0.1) is 0 Å². The number of nitrogens with two attached hydrogens (primary N) is 2. The average Bonchev–Trinajstić information content (AvgIpc) is 2.87. The van der Waals surface area contributed by atoms with Crippen molar-refractivity contribution in [2.45, 2.75) is 38.1 Å². The van der Waals surface area contributed by atoms with Crippen molar-refractivity contribution in [1.82, 2.24) is 4.90 Å². The lowest BCUT2D eigenvalue weighted by molar-refractivity contribution is -0.119. The first kappa shape index (κ1) is 12.8. The van der Waals surface area contributed by atoms with E-state index in [0.29, 0.717) is 6.42 Å². The summed E-state index contributed by atoms with van der Waals surface area (Å²) in [6, 6.07) is -0.488. The zero-order valence-electron chi connectivity index (χ0n) is 10.8. The summed E-state index contributed by atoms with van der Waals surface area (Å²) in [6.45, 7) is 2.03. The molecule has 4 nitrogen and oxygen atoms in total. The smallest absolute Gasteiger partial charge is 0.234 e. The number of carbonyl (C=O) groups excluding carboxylic acids is 1. The van der Waals surface area contributed by atoms with Gasteiger partial charge in [-0.1, -0.05) is 6.42 Å². The number of amides is 1. The van der Waals surface area contributed by atoms with Crippen molar-refractivity contribution in [3.8, 4) is 0 Å². The van der Waals surface area contributed by atoms with E-state index in [-0.39, 0.29) is 0 Å². The third-order valence-electron chi connectivity index (χ3n) is 4.62. The lowest BCUT2D eigenvalue weighted by atomic mass is 9.88. The lowest BCUT2D eigenvalue weighted by Crippen LogP contribution is -2.40. The van der Waals surface area contributed by atoms with Gasteiger partial charge in [0.1, 0.15) is 0 Å². The summed E-state index contributed by atoms with van der Waals surface area (Å²) in [5, 5.41) is 0. The first-order valence-corrected chi connectivity index (χ1v) is 6.79. The molecule has 2 saturated carbocycles. The highest BCUT2D eigenvalue weighted by molar-refractivity contribution is 5.79. The highest BCUT2D eigenvalue weighted by atomic mass is 16.1. The largest absolute Gasteiger partial charge is 0.368 e. The van der Waals surface area contributed by atoms with Crippen LogP contribution in [0.25, 0.3) is 0 Å². The molecule has 4 N–H and O–H groups in total. The molecule has 0 aliphatic heterocycles. The molecule has 0 aromatic carbocycles. The maximum Gasteiger partial charge on any atom is 0.234 e. The summed E-state index contributed by atoms with van der Waals surface area (Å²) in [4.78, 5) is 13.2. The summed E-state index contributed by atoms with van der Waals surface area (Å²) >= 11 is 0. The van der Waals surface area contributed by atoms with Crippen LogP contribution in [-0.4, -0.2) is 37.0 Å². The van der Waals surface area contributed by atoms with Gasteiger partial charge in [0.25, 0.3) is 0 Å². The predicted molar refractivity (Wildman–Crippen MR) is 68.2 cm³/mol. The molecule has 2 aliphatic rings. The normalized spacial score (nSPS) is 33.2. The van der Waals surface area contributed by atoms with Gasteiger partial charge in [-0.05, 0) is 57.0 Å². The fourth-order valence-corrected chi connectivity index (χ4v) is 3.59. The van der Waals surface area contributed by atoms with Crippen molar-refractivity contribution in [2.75, 3.05) is 20.1 Å². The second-order valence-corrected chi connectivity index (χ2v) is 5.99. The van der Waals surface area contributed by atoms with Crippen molar-refractivity contribution >= 4 is 5.91 Å². The topological polar surface area (TPSA) is 72.3 Å². The van der Waals surface area contributed by atoms with Gasteiger partial charge in [0, 0.05) is 6.54 Å². The van der Waals surface area contributed by atoms with Crippen LogP contribution in [0, 0.1) is 17.8 Å². The van der Waals surface area contributed by atoms with Crippen LogP contribution in [0.4, 0.5) is 0 Å². The molecule has 4 heteroatoms. The number of fused-ring (bicyclic) bond motifs is 2. The maximum absolute atomic E-state index is 10.8. The number of hydrogen-bond acceptors (Lipinski definition) is 3. The lowest BCUT2D eigenvalue weighted by Gasteiger charge is -2.27. The molecule has 0 radical (unpaired) electrons. The third-order valence-corrected chi connectivity index (χ3v) is 4.62. The van der Waals surface area contributed by atoms with E-state index in [1.165, 1.54) is 25.7 Å². The van der Waals surface area contributed by atoms with Crippen molar-refractivity contribution in [3.05, 3.63) is 0 Å². The van der Waals surface area contributed by atoms with Crippen LogP contribution in [0.3, 0.4) is 0 Å². The molecule has 2 fully saturated rings. The van der Waals surface area contributed by atoms with E-state index in [1.807, 2.05) is 0 Å². The van der Waals surface area contributed by atoms with Crippen LogP contribution in [-0.2, 0) is 4.79 Å². The predicted octanol–water partition coefficient (Wildman–Crippen LogP) is 0.557. The van der Waals surface area contributed by atoms with E-state index in [9.17, 15) is 4.79 Å². The van der Waals surface area contributed by atoms with Gasteiger partial charge in [-0.25, -0.2) is 0 Å². The Morgan fingerprint density at radius 1 is 1.41 bits per heavy atom. The number of hydrogen-bond donors (Lipinski definition) is 2. The zero-order valence-corrected chi connectivity index (χ0v) is 10.8. The second-order valence-electron chi connectivity index (χ2n) is 5.99. The molecule has 2 rings (SSSR count). The van der Waals surface area contributed by atoms with Gasteiger partial charge in [-0.2, -0.15) is 0 Å². The fourth-order valence-electron chi connectivity index (χ4n) is 3.59. The summed E-state index contributed by atoms with van der Waals surface area (Å²) in [6.07, 6.45) is 6.43. The molecule has 0 heterocycles. The highest BCUT2D eigenvalue weighted by Crippen LogP contribution is 2.48.